The van der Waals surface area contributed by atoms with Crippen LogP contribution in [0.4, 0.5) is 14.6 Å². The average Bonchev–Trinajstić information content (AvgIpc) is 3.26. The maximum absolute atomic E-state index is 14.4. The van der Waals surface area contributed by atoms with Gasteiger partial charge in [-0.25, -0.2) is 23.3 Å². The lowest BCUT2D eigenvalue weighted by Crippen LogP contribution is -2.09. The Hall–Kier alpha value is -3.75. The van der Waals surface area contributed by atoms with E-state index in [1.54, 1.807) is 31.7 Å². The van der Waals surface area contributed by atoms with Gasteiger partial charge in [0.15, 0.2) is 11.5 Å². The maximum atomic E-state index is 14.4. The molecule has 0 saturated heterocycles. The van der Waals surface area contributed by atoms with Crippen LogP contribution in [-0.2, 0) is 6.54 Å². The summed E-state index contributed by atoms with van der Waals surface area (Å²) in [6.07, 6.45) is 1.38. The molecule has 0 radical (unpaired) electrons. The number of methoxy groups -OCH3 is 2. The van der Waals surface area contributed by atoms with Gasteiger partial charge in [-0.05, 0) is 37.3 Å². The summed E-state index contributed by atoms with van der Waals surface area (Å²) in [6, 6.07) is 8.72. The Morgan fingerprint density at radius 1 is 1.07 bits per heavy atom. The number of hydrogen-bond acceptors (Lipinski definition) is 6. The third-order valence-corrected chi connectivity index (χ3v) is 4.77. The second-order valence-electron chi connectivity index (χ2n) is 6.55. The highest BCUT2D eigenvalue weighted by Crippen LogP contribution is 2.29. The fourth-order valence-corrected chi connectivity index (χ4v) is 3.22. The van der Waals surface area contributed by atoms with Crippen molar-refractivity contribution in [2.45, 2.75) is 13.5 Å². The number of hydrogen-bond donors (Lipinski definition) is 1. The van der Waals surface area contributed by atoms with E-state index in [0.29, 0.717) is 35.2 Å². The van der Waals surface area contributed by atoms with Crippen molar-refractivity contribution in [2.24, 2.45) is 0 Å². The van der Waals surface area contributed by atoms with Gasteiger partial charge in [0.25, 0.3) is 0 Å². The third-order valence-electron chi connectivity index (χ3n) is 4.77. The van der Waals surface area contributed by atoms with Crippen LogP contribution in [0.2, 0.25) is 0 Å². The predicted octanol–water partition coefficient (Wildman–Crippen LogP) is 4.01. The van der Waals surface area contributed by atoms with Crippen molar-refractivity contribution in [3.63, 3.8) is 0 Å². The van der Waals surface area contributed by atoms with E-state index in [1.165, 1.54) is 6.33 Å². The lowest BCUT2D eigenvalue weighted by atomic mass is 10.1. The number of rotatable bonds is 6. The van der Waals surface area contributed by atoms with Crippen LogP contribution in [0.1, 0.15) is 11.3 Å². The van der Waals surface area contributed by atoms with Gasteiger partial charge < -0.3 is 14.8 Å². The number of aromatic nitrogens is 4. The molecule has 0 fully saturated rings. The Labute approximate surface area is 171 Å². The fourth-order valence-electron chi connectivity index (χ4n) is 3.22. The SMILES string of the molecule is COc1ccc(CNc2nc(-c3cc(F)ccc3F)c(C)n3ncnc23)c(OC)c1. The smallest absolute Gasteiger partial charge is 0.198 e. The first kappa shape index (κ1) is 19.6. The number of nitrogens with zero attached hydrogens (tertiary/aromatic N) is 4. The number of fused-ring (bicyclic) bond motifs is 1. The standard InChI is InChI=1S/C21H19F2N5O2/c1-12-19(16-8-14(22)5-7-17(16)23)27-20(21-25-11-26-28(12)21)24-10-13-4-6-15(29-2)9-18(13)30-3/h4-9,11H,10H2,1-3H3,(H,24,27). The van der Waals surface area contributed by atoms with Gasteiger partial charge >= 0.3 is 0 Å². The van der Waals surface area contributed by atoms with E-state index in [1.807, 2.05) is 12.1 Å². The number of halogens is 2. The maximum Gasteiger partial charge on any atom is 0.198 e. The zero-order valence-electron chi connectivity index (χ0n) is 16.6. The van der Waals surface area contributed by atoms with Crippen LogP contribution >= 0.6 is 0 Å². The van der Waals surface area contributed by atoms with Crippen molar-refractivity contribution in [1.29, 1.82) is 0 Å². The minimum Gasteiger partial charge on any atom is -0.497 e. The highest BCUT2D eigenvalue weighted by atomic mass is 19.1. The van der Waals surface area contributed by atoms with Crippen molar-refractivity contribution >= 4 is 11.5 Å². The van der Waals surface area contributed by atoms with Gasteiger partial charge in [-0.3, -0.25) is 0 Å². The highest BCUT2D eigenvalue weighted by Gasteiger charge is 2.18. The quantitative estimate of drug-likeness (QED) is 0.517. The van der Waals surface area contributed by atoms with Crippen molar-refractivity contribution in [3.8, 4) is 22.8 Å². The van der Waals surface area contributed by atoms with E-state index in [2.05, 4.69) is 20.4 Å². The van der Waals surface area contributed by atoms with E-state index in [4.69, 9.17) is 9.47 Å². The topological polar surface area (TPSA) is 73.6 Å². The van der Waals surface area contributed by atoms with Gasteiger partial charge in [-0.2, -0.15) is 5.10 Å². The number of nitrogens with one attached hydrogen (secondary N) is 1. The van der Waals surface area contributed by atoms with Crippen LogP contribution in [0.3, 0.4) is 0 Å². The Morgan fingerprint density at radius 2 is 1.90 bits per heavy atom. The average molecular weight is 411 g/mol. The second-order valence-corrected chi connectivity index (χ2v) is 6.55. The largest absolute Gasteiger partial charge is 0.497 e. The molecule has 154 valence electrons. The molecule has 30 heavy (non-hydrogen) atoms. The Bertz CT molecular complexity index is 1230. The number of benzene rings is 2. The molecule has 0 unspecified atom stereocenters. The molecule has 0 aliphatic carbocycles. The summed E-state index contributed by atoms with van der Waals surface area (Å²) in [4.78, 5) is 8.79. The Kier molecular flexibility index (Phi) is 5.18. The number of anilines is 1. The van der Waals surface area contributed by atoms with Crippen LogP contribution in [-0.4, -0.2) is 33.8 Å². The van der Waals surface area contributed by atoms with Gasteiger partial charge in [0.2, 0.25) is 0 Å². The van der Waals surface area contributed by atoms with Crippen LogP contribution in [0.15, 0.2) is 42.7 Å². The summed E-state index contributed by atoms with van der Waals surface area (Å²) < 4.78 is 40.4. The molecule has 4 rings (SSSR count). The number of ether oxygens (including phenoxy) is 2. The molecule has 0 atom stereocenters. The van der Waals surface area contributed by atoms with E-state index in [0.717, 1.165) is 23.8 Å². The van der Waals surface area contributed by atoms with Crippen LogP contribution in [0, 0.1) is 18.6 Å². The lowest BCUT2D eigenvalue weighted by molar-refractivity contribution is 0.391. The van der Waals surface area contributed by atoms with E-state index in [9.17, 15) is 8.78 Å². The van der Waals surface area contributed by atoms with Crippen LogP contribution in [0.5, 0.6) is 11.5 Å². The molecule has 7 nitrogen and oxygen atoms in total. The molecule has 4 aromatic rings. The van der Waals surface area contributed by atoms with Crippen molar-refractivity contribution in [2.75, 3.05) is 19.5 Å². The van der Waals surface area contributed by atoms with Crippen molar-refractivity contribution in [3.05, 3.63) is 65.6 Å². The van der Waals surface area contributed by atoms with Gasteiger partial charge in [0.1, 0.15) is 29.5 Å². The van der Waals surface area contributed by atoms with Crippen molar-refractivity contribution < 1.29 is 18.3 Å². The molecular formula is C21H19F2N5O2. The fraction of sp³-hybridized carbons (Fsp3) is 0.190. The first-order valence-electron chi connectivity index (χ1n) is 9.12. The monoisotopic (exact) mass is 411 g/mol. The lowest BCUT2D eigenvalue weighted by Gasteiger charge is -2.14. The summed E-state index contributed by atoms with van der Waals surface area (Å²) >= 11 is 0. The summed E-state index contributed by atoms with van der Waals surface area (Å²) in [5.74, 6) is 0.572. The first-order chi connectivity index (χ1) is 14.5. The minimum atomic E-state index is -0.575. The zero-order chi connectivity index (χ0) is 21.3. The molecule has 2 aromatic heterocycles. The van der Waals surface area contributed by atoms with Crippen LogP contribution < -0.4 is 14.8 Å². The summed E-state index contributed by atoms with van der Waals surface area (Å²) in [7, 11) is 3.15. The minimum absolute atomic E-state index is 0.0509. The van der Waals surface area contributed by atoms with Crippen LogP contribution in [0.25, 0.3) is 16.9 Å². The molecule has 9 heteroatoms. The van der Waals surface area contributed by atoms with Gasteiger partial charge in [0.05, 0.1) is 25.6 Å². The summed E-state index contributed by atoms with van der Waals surface area (Å²) in [5, 5.41) is 7.40. The predicted molar refractivity (Wildman–Crippen MR) is 108 cm³/mol. The van der Waals surface area contributed by atoms with E-state index in [-0.39, 0.29) is 11.3 Å². The Morgan fingerprint density at radius 3 is 2.67 bits per heavy atom. The molecule has 0 aliphatic rings. The highest BCUT2D eigenvalue weighted by molar-refractivity contribution is 5.71. The van der Waals surface area contributed by atoms with E-state index >= 15 is 0 Å². The number of aryl methyl sites for hydroxylation is 1. The van der Waals surface area contributed by atoms with Crippen molar-refractivity contribution in [1.82, 2.24) is 19.6 Å². The molecule has 2 heterocycles. The molecule has 0 bridgehead atoms. The molecule has 1 N–H and O–H groups in total. The normalized spacial score (nSPS) is 11.0. The molecule has 2 aromatic carbocycles. The summed E-state index contributed by atoms with van der Waals surface area (Å²) in [6.45, 7) is 2.08. The molecule has 0 amide bonds. The summed E-state index contributed by atoms with van der Waals surface area (Å²) in [5.41, 5.74) is 2.20. The van der Waals surface area contributed by atoms with E-state index < -0.39 is 11.6 Å². The van der Waals surface area contributed by atoms with Gasteiger partial charge in [-0.1, -0.05) is 0 Å². The second kappa shape index (κ2) is 7.94. The van der Waals surface area contributed by atoms with Gasteiger partial charge in [-0.15, -0.1) is 0 Å². The molecule has 0 aliphatic heterocycles. The van der Waals surface area contributed by atoms with Gasteiger partial charge in [0, 0.05) is 23.7 Å². The third kappa shape index (κ3) is 3.49. The zero-order valence-corrected chi connectivity index (χ0v) is 16.6. The first-order valence-corrected chi connectivity index (χ1v) is 9.12. The molecule has 0 spiro atoms. The molecule has 0 saturated carbocycles. The Balaban J connectivity index is 1.76. The molecular weight excluding hydrogens is 392 g/mol.